The minimum Gasteiger partial charge on any atom is -0.391 e. The van der Waals surface area contributed by atoms with Crippen molar-refractivity contribution in [1.29, 1.82) is 0 Å². The molecule has 1 nitrogen and oxygen atoms in total. The Hall–Kier alpha value is -0.460. The Morgan fingerprint density at radius 3 is 2.19 bits per heavy atom. The maximum absolute atomic E-state index is 3.36. The van der Waals surface area contributed by atoms with Crippen LogP contribution in [0.25, 0.3) is 0 Å². The van der Waals surface area contributed by atoms with E-state index in [4.69, 9.17) is 0 Å². The van der Waals surface area contributed by atoms with Crippen molar-refractivity contribution in [1.82, 2.24) is 5.32 Å². The minimum atomic E-state index is 0.664. The fourth-order valence-corrected chi connectivity index (χ4v) is 1.87. The quantitative estimate of drug-likeness (QED) is 0.588. The van der Waals surface area contributed by atoms with E-state index in [1.807, 2.05) is 0 Å². The monoisotopic (exact) mass is 225 g/mol. The van der Waals surface area contributed by atoms with Crippen molar-refractivity contribution in [3.63, 3.8) is 0 Å². The van der Waals surface area contributed by atoms with Crippen LogP contribution in [0.15, 0.2) is 11.3 Å². The molecule has 0 amide bonds. The number of allylic oxidation sites excluding steroid dienone is 2. The molecule has 1 atom stereocenters. The van der Waals surface area contributed by atoms with E-state index in [0.717, 1.165) is 5.92 Å². The molecule has 0 aromatic heterocycles. The van der Waals surface area contributed by atoms with Gasteiger partial charge in [0.25, 0.3) is 0 Å². The highest BCUT2D eigenvalue weighted by molar-refractivity contribution is 5.11. The molecular formula is C15H31N. The maximum atomic E-state index is 3.36. The van der Waals surface area contributed by atoms with Crippen LogP contribution in [0.5, 0.6) is 0 Å². The van der Waals surface area contributed by atoms with Crippen LogP contribution in [0.2, 0.25) is 0 Å². The van der Waals surface area contributed by atoms with Gasteiger partial charge in [0.05, 0.1) is 0 Å². The summed E-state index contributed by atoms with van der Waals surface area (Å²) in [6, 6.07) is 0. The van der Waals surface area contributed by atoms with Crippen LogP contribution in [-0.2, 0) is 0 Å². The lowest BCUT2D eigenvalue weighted by molar-refractivity contribution is 0.481. The van der Waals surface area contributed by atoms with Gasteiger partial charge in [0.2, 0.25) is 0 Å². The van der Waals surface area contributed by atoms with Gasteiger partial charge in [-0.15, -0.1) is 0 Å². The molecule has 0 rings (SSSR count). The Morgan fingerprint density at radius 2 is 1.75 bits per heavy atom. The summed E-state index contributed by atoms with van der Waals surface area (Å²) in [5.41, 5.74) is 2.98. The second kappa shape index (κ2) is 8.66. The van der Waals surface area contributed by atoms with E-state index in [2.05, 4.69) is 47.0 Å². The summed E-state index contributed by atoms with van der Waals surface area (Å²) in [7, 11) is 2.05. The van der Waals surface area contributed by atoms with Crippen LogP contribution in [0.4, 0.5) is 0 Å². The van der Waals surface area contributed by atoms with E-state index in [1.54, 1.807) is 0 Å². The third kappa shape index (κ3) is 6.19. The van der Waals surface area contributed by atoms with E-state index in [9.17, 15) is 0 Å². The van der Waals surface area contributed by atoms with Crippen molar-refractivity contribution in [3.8, 4) is 0 Å². The number of hydrogen-bond acceptors (Lipinski definition) is 1. The molecule has 0 aromatic carbocycles. The number of nitrogens with one attached hydrogen (secondary N) is 1. The van der Waals surface area contributed by atoms with Crippen LogP contribution >= 0.6 is 0 Å². The van der Waals surface area contributed by atoms with E-state index in [0.29, 0.717) is 5.92 Å². The van der Waals surface area contributed by atoms with Crippen LogP contribution < -0.4 is 5.32 Å². The normalized spacial score (nSPS) is 14.9. The van der Waals surface area contributed by atoms with Crippen LogP contribution in [0.3, 0.4) is 0 Å². The zero-order valence-corrected chi connectivity index (χ0v) is 12.2. The van der Waals surface area contributed by atoms with Gasteiger partial charge in [0.15, 0.2) is 0 Å². The molecule has 0 spiro atoms. The Kier molecular flexibility index (Phi) is 8.42. The summed E-state index contributed by atoms with van der Waals surface area (Å²) in [4.78, 5) is 0. The smallest absolute Gasteiger partial charge is 0.00957 e. The summed E-state index contributed by atoms with van der Waals surface area (Å²) in [6.07, 6.45) is 6.61. The van der Waals surface area contributed by atoms with Crippen LogP contribution in [0.1, 0.15) is 66.7 Å². The summed E-state index contributed by atoms with van der Waals surface area (Å²) < 4.78 is 0. The van der Waals surface area contributed by atoms with Gasteiger partial charge in [-0.3, -0.25) is 0 Å². The first-order valence-electron chi connectivity index (χ1n) is 6.90. The average Bonchev–Trinajstić information content (AvgIpc) is 2.27. The van der Waals surface area contributed by atoms with Crippen molar-refractivity contribution in [3.05, 3.63) is 11.3 Å². The molecule has 0 radical (unpaired) electrons. The molecule has 0 aliphatic carbocycles. The predicted octanol–water partition coefficient (Wildman–Crippen LogP) is 4.74. The lowest BCUT2D eigenvalue weighted by atomic mass is 9.97. The molecule has 16 heavy (non-hydrogen) atoms. The van der Waals surface area contributed by atoms with Crippen molar-refractivity contribution in [2.75, 3.05) is 7.05 Å². The predicted molar refractivity (Wildman–Crippen MR) is 74.5 cm³/mol. The third-order valence-corrected chi connectivity index (χ3v) is 3.71. The summed E-state index contributed by atoms with van der Waals surface area (Å²) in [6.45, 7) is 11.4. The SMILES string of the molecule is CCC(C)CCCC/C(NC)=C(/C)C(C)C. The summed E-state index contributed by atoms with van der Waals surface area (Å²) in [5.74, 6) is 1.56. The van der Waals surface area contributed by atoms with Crippen molar-refractivity contribution in [2.45, 2.75) is 66.7 Å². The lowest BCUT2D eigenvalue weighted by Gasteiger charge is -2.15. The maximum Gasteiger partial charge on any atom is 0.00957 e. The van der Waals surface area contributed by atoms with E-state index in [1.165, 1.54) is 43.4 Å². The average molecular weight is 225 g/mol. The third-order valence-electron chi connectivity index (χ3n) is 3.71. The van der Waals surface area contributed by atoms with Gasteiger partial charge in [-0.1, -0.05) is 52.5 Å². The number of rotatable bonds is 8. The van der Waals surface area contributed by atoms with Crippen molar-refractivity contribution < 1.29 is 0 Å². The van der Waals surface area contributed by atoms with Crippen molar-refractivity contribution in [2.24, 2.45) is 11.8 Å². The fraction of sp³-hybridized carbons (Fsp3) is 0.867. The Bertz CT molecular complexity index is 203. The highest BCUT2D eigenvalue weighted by atomic mass is 14.8. The second-order valence-electron chi connectivity index (χ2n) is 5.33. The Labute approximate surface area is 103 Å². The standard InChI is InChI=1S/C15H31N/c1-7-13(4)10-8-9-11-15(16-6)14(5)12(2)3/h12-13,16H,7-11H2,1-6H3/b15-14+. The molecule has 0 aliphatic rings. The first-order chi connectivity index (χ1) is 7.52. The van der Waals surface area contributed by atoms with E-state index in [-0.39, 0.29) is 0 Å². The Morgan fingerprint density at radius 1 is 1.12 bits per heavy atom. The highest BCUT2D eigenvalue weighted by Gasteiger charge is 2.05. The minimum absolute atomic E-state index is 0.664. The molecule has 1 unspecified atom stereocenters. The topological polar surface area (TPSA) is 12.0 Å². The van der Waals surface area contributed by atoms with Gasteiger partial charge < -0.3 is 5.32 Å². The molecule has 1 N–H and O–H groups in total. The lowest BCUT2D eigenvalue weighted by Crippen LogP contribution is -2.11. The largest absolute Gasteiger partial charge is 0.391 e. The number of unbranched alkanes of at least 4 members (excludes halogenated alkanes) is 1. The van der Waals surface area contributed by atoms with Gasteiger partial charge in [-0.2, -0.15) is 0 Å². The molecule has 0 heterocycles. The zero-order chi connectivity index (χ0) is 12.6. The summed E-state index contributed by atoms with van der Waals surface area (Å²) in [5, 5.41) is 3.36. The highest BCUT2D eigenvalue weighted by Crippen LogP contribution is 2.18. The Balaban J connectivity index is 3.93. The first kappa shape index (κ1) is 15.5. The first-order valence-corrected chi connectivity index (χ1v) is 6.90. The van der Waals surface area contributed by atoms with Crippen LogP contribution in [-0.4, -0.2) is 7.05 Å². The van der Waals surface area contributed by atoms with Crippen LogP contribution in [0, 0.1) is 11.8 Å². The van der Waals surface area contributed by atoms with Gasteiger partial charge >= 0.3 is 0 Å². The molecule has 0 aromatic rings. The molecule has 0 saturated heterocycles. The summed E-state index contributed by atoms with van der Waals surface area (Å²) >= 11 is 0. The van der Waals surface area contributed by atoms with Crippen molar-refractivity contribution >= 4 is 0 Å². The van der Waals surface area contributed by atoms with Gasteiger partial charge in [-0.05, 0) is 31.6 Å². The fourth-order valence-electron chi connectivity index (χ4n) is 1.87. The molecule has 1 heteroatoms. The molecule has 0 aliphatic heterocycles. The second-order valence-corrected chi connectivity index (χ2v) is 5.33. The molecule has 0 saturated carbocycles. The zero-order valence-electron chi connectivity index (χ0n) is 12.2. The van der Waals surface area contributed by atoms with Gasteiger partial charge in [0.1, 0.15) is 0 Å². The molecular weight excluding hydrogens is 194 g/mol. The number of hydrogen-bond donors (Lipinski definition) is 1. The van der Waals surface area contributed by atoms with Gasteiger partial charge in [-0.25, -0.2) is 0 Å². The van der Waals surface area contributed by atoms with Gasteiger partial charge in [0, 0.05) is 12.7 Å². The van der Waals surface area contributed by atoms with E-state index >= 15 is 0 Å². The molecule has 0 bridgehead atoms. The molecule has 96 valence electrons. The molecule has 0 fully saturated rings. The van der Waals surface area contributed by atoms with E-state index < -0.39 is 0 Å².